The van der Waals surface area contributed by atoms with Gasteiger partial charge in [0, 0.05) is 11.8 Å². The standard InChI is InChI=1S/C15H13N5O/c1-10-4-2-5-11(8-10)13-14(19-20-18-13)15(21)17-12-6-3-7-16-9-12/h2-9H,1H3,(H,17,21)(H,18,19,20). The number of aromatic nitrogens is 4. The summed E-state index contributed by atoms with van der Waals surface area (Å²) in [7, 11) is 0. The molecule has 0 aliphatic carbocycles. The highest BCUT2D eigenvalue weighted by Gasteiger charge is 2.18. The molecule has 6 heteroatoms. The Morgan fingerprint density at radius 2 is 2.10 bits per heavy atom. The fourth-order valence-corrected chi connectivity index (χ4v) is 2.01. The normalized spacial score (nSPS) is 10.3. The lowest BCUT2D eigenvalue weighted by atomic mass is 10.1. The van der Waals surface area contributed by atoms with Crippen LogP contribution in [0.5, 0.6) is 0 Å². The average Bonchev–Trinajstić information content (AvgIpc) is 2.98. The topological polar surface area (TPSA) is 83.6 Å². The van der Waals surface area contributed by atoms with Crippen molar-refractivity contribution in [2.24, 2.45) is 0 Å². The summed E-state index contributed by atoms with van der Waals surface area (Å²) in [5, 5.41) is 13.3. The largest absolute Gasteiger partial charge is 0.319 e. The number of rotatable bonds is 3. The molecule has 21 heavy (non-hydrogen) atoms. The molecule has 2 N–H and O–H groups in total. The number of carbonyl (C=O) groups is 1. The van der Waals surface area contributed by atoms with Gasteiger partial charge in [0.2, 0.25) is 0 Å². The van der Waals surface area contributed by atoms with Crippen molar-refractivity contribution in [2.75, 3.05) is 5.32 Å². The van der Waals surface area contributed by atoms with E-state index < -0.39 is 0 Å². The lowest BCUT2D eigenvalue weighted by Gasteiger charge is -2.04. The van der Waals surface area contributed by atoms with Gasteiger partial charge in [0.25, 0.3) is 5.91 Å². The van der Waals surface area contributed by atoms with Crippen molar-refractivity contribution in [3.8, 4) is 11.3 Å². The maximum atomic E-state index is 12.3. The van der Waals surface area contributed by atoms with Crippen LogP contribution < -0.4 is 5.32 Å². The fourth-order valence-electron chi connectivity index (χ4n) is 2.01. The first-order valence-corrected chi connectivity index (χ1v) is 6.43. The van der Waals surface area contributed by atoms with Crippen LogP contribution in [-0.4, -0.2) is 26.3 Å². The number of anilines is 1. The van der Waals surface area contributed by atoms with Crippen LogP contribution in [0.1, 0.15) is 16.1 Å². The van der Waals surface area contributed by atoms with E-state index in [1.807, 2.05) is 31.2 Å². The number of H-pyrrole nitrogens is 1. The minimum atomic E-state index is -0.326. The van der Waals surface area contributed by atoms with Crippen molar-refractivity contribution in [1.82, 2.24) is 20.4 Å². The van der Waals surface area contributed by atoms with Crippen LogP contribution in [0.2, 0.25) is 0 Å². The Bertz CT molecular complexity index is 766. The number of nitrogens with one attached hydrogen (secondary N) is 2. The van der Waals surface area contributed by atoms with Crippen molar-refractivity contribution >= 4 is 11.6 Å². The van der Waals surface area contributed by atoms with Gasteiger partial charge in [-0.3, -0.25) is 9.78 Å². The molecule has 2 aromatic heterocycles. The Morgan fingerprint density at radius 1 is 1.19 bits per heavy atom. The van der Waals surface area contributed by atoms with Crippen LogP contribution in [-0.2, 0) is 0 Å². The summed E-state index contributed by atoms with van der Waals surface area (Å²) in [6.45, 7) is 1.99. The molecule has 0 unspecified atom stereocenters. The molecule has 0 saturated heterocycles. The second-order valence-electron chi connectivity index (χ2n) is 4.59. The van der Waals surface area contributed by atoms with E-state index in [0.29, 0.717) is 11.4 Å². The second kappa shape index (κ2) is 5.54. The van der Waals surface area contributed by atoms with Gasteiger partial charge in [0.1, 0.15) is 5.69 Å². The highest BCUT2D eigenvalue weighted by Crippen LogP contribution is 2.21. The van der Waals surface area contributed by atoms with Gasteiger partial charge < -0.3 is 5.32 Å². The molecular formula is C15H13N5O. The van der Waals surface area contributed by atoms with Crippen molar-refractivity contribution < 1.29 is 4.79 Å². The zero-order valence-corrected chi connectivity index (χ0v) is 11.4. The molecule has 0 atom stereocenters. The Hall–Kier alpha value is -3.02. The summed E-state index contributed by atoms with van der Waals surface area (Å²) in [6, 6.07) is 11.3. The van der Waals surface area contributed by atoms with Gasteiger partial charge in [-0.05, 0) is 25.1 Å². The number of amides is 1. The van der Waals surface area contributed by atoms with Crippen molar-refractivity contribution in [3.05, 3.63) is 60.0 Å². The molecule has 6 nitrogen and oxygen atoms in total. The number of carbonyl (C=O) groups excluding carboxylic acids is 1. The number of pyridine rings is 1. The van der Waals surface area contributed by atoms with Gasteiger partial charge in [-0.15, -0.1) is 0 Å². The molecular weight excluding hydrogens is 266 g/mol. The first-order valence-electron chi connectivity index (χ1n) is 6.43. The molecule has 0 fully saturated rings. The quantitative estimate of drug-likeness (QED) is 0.771. The molecule has 0 spiro atoms. The second-order valence-corrected chi connectivity index (χ2v) is 4.59. The van der Waals surface area contributed by atoms with Crippen LogP contribution in [0, 0.1) is 6.92 Å². The lowest BCUT2D eigenvalue weighted by Crippen LogP contribution is -2.13. The fraction of sp³-hybridized carbons (Fsp3) is 0.0667. The van der Waals surface area contributed by atoms with Gasteiger partial charge in [-0.25, -0.2) is 0 Å². The number of hydrogen-bond acceptors (Lipinski definition) is 4. The van der Waals surface area contributed by atoms with E-state index in [2.05, 4.69) is 25.7 Å². The molecule has 104 valence electrons. The number of hydrogen-bond donors (Lipinski definition) is 2. The SMILES string of the molecule is Cc1cccc(-c2n[nH]nc2C(=O)Nc2cccnc2)c1. The molecule has 1 amide bonds. The van der Waals surface area contributed by atoms with Crippen molar-refractivity contribution in [1.29, 1.82) is 0 Å². The van der Waals surface area contributed by atoms with E-state index in [1.54, 1.807) is 24.5 Å². The summed E-state index contributed by atoms with van der Waals surface area (Å²) in [5.41, 5.74) is 3.33. The zero-order chi connectivity index (χ0) is 14.7. The molecule has 2 heterocycles. The summed E-state index contributed by atoms with van der Waals surface area (Å²) in [6.07, 6.45) is 3.22. The van der Waals surface area contributed by atoms with E-state index in [1.165, 1.54) is 0 Å². The third-order valence-corrected chi connectivity index (χ3v) is 2.97. The summed E-state index contributed by atoms with van der Waals surface area (Å²) in [4.78, 5) is 16.2. The van der Waals surface area contributed by atoms with Crippen molar-refractivity contribution in [3.63, 3.8) is 0 Å². The van der Waals surface area contributed by atoms with Gasteiger partial charge in [0.05, 0.1) is 11.9 Å². The predicted molar refractivity (Wildman–Crippen MR) is 78.7 cm³/mol. The van der Waals surface area contributed by atoms with E-state index >= 15 is 0 Å². The van der Waals surface area contributed by atoms with E-state index in [0.717, 1.165) is 11.1 Å². The Labute approximate surface area is 121 Å². The average molecular weight is 279 g/mol. The molecule has 0 aliphatic rings. The Morgan fingerprint density at radius 3 is 2.86 bits per heavy atom. The highest BCUT2D eigenvalue weighted by atomic mass is 16.2. The molecule has 3 rings (SSSR count). The van der Waals surface area contributed by atoms with Crippen LogP contribution in [0.25, 0.3) is 11.3 Å². The molecule has 0 radical (unpaired) electrons. The number of benzene rings is 1. The van der Waals surface area contributed by atoms with Crippen LogP contribution in [0.3, 0.4) is 0 Å². The van der Waals surface area contributed by atoms with Gasteiger partial charge in [-0.1, -0.05) is 23.8 Å². The van der Waals surface area contributed by atoms with Crippen LogP contribution in [0.4, 0.5) is 5.69 Å². The monoisotopic (exact) mass is 279 g/mol. The maximum absolute atomic E-state index is 12.3. The molecule has 3 aromatic rings. The van der Waals surface area contributed by atoms with E-state index in [9.17, 15) is 4.79 Å². The van der Waals surface area contributed by atoms with Gasteiger partial charge >= 0.3 is 0 Å². The predicted octanol–water partition coefficient (Wildman–Crippen LogP) is 2.43. The number of aromatic amines is 1. The van der Waals surface area contributed by atoms with Gasteiger partial charge in [0.15, 0.2) is 5.69 Å². The Balaban J connectivity index is 1.90. The van der Waals surface area contributed by atoms with Crippen LogP contribution in [0.15, 0.2) is 48.8 Å². The first-order chi connectivity index (χ1) is 10.2. The summed E-state index contributed by atoms with van der Waals surface area (Å²) >= 11 is 0. The number of aryl methyl sites for hydroxylation is 1. The van der Waals surface area contributed by atoms with E-state index in [4.69, 9.17) is 0 Å². The maximum Gasteiger partial charge on any atom is 0.278 e. The molecule has 0 saturated carbocycles. The molecule has 0 bridgehead atoms. The van der Waals surface area contributed by atoms with Gasteiger partial charge in [-0.2, -0.15) is 15.4 Å². The van der Waals surface area contributed by atoms with Crippen LogP contribution >= 0.6 is 0 Å². The third kappa shape index (κ3) is 2.79. The highest BCUT2D eigenvalue weighted by molar-refractivity contribution is 6.06. The zero-order valence-electron chi connectivity index (χ0n) is 11.4. The molecule has 1 aromatic carbocycles. The lowest BCUT2D eigenvalue weighted by molar-refractivity contribution is 0.102. The van der Waals surface area contributed by atoms with E-state index in [-0.39, 0.29) is 11.6 Å². The molecule has 0 aliphatic heterocycles. The third-order valence-electron chi connectivity index (χ3n) is 2.97. The summed E-state index contributed by atoms with van der Waals surface area (Å²) in [5.74, 6) is -0.326. The Kier molecular flexibility index (Phi) is 3.42. The minimum absolute atomic E-state index is 0.254. The van der Waals surface area contributed by atoms with Crippen molar-refractivity contribution in [2.45, 2.75) is 6.92 Å². The first kappa shape index (κ1) is 13.0. The summed E-state index contributed by atoms with van der Waals surface area (Å²) < 4.78 is 0. The number of nitrogens with zero attached hydrogens (tertiary/aromatic N) is 3. The minimum Gasteiger partial charge on any atom is -0.319 e. The smallest absolute Gasteiger partial charge is 0.278 e.